The topological polar surface area (TPSA) is 30.9 Å². The fourth-order valence-corrected chi connectivity index (χ4v) is 4.38. The summed E-state index contributed by atoms with van der Waals surface area (Å²) in [4.78, 5) is 2.11. The van der Waals surface area contributed by atoms with Gasteiger partial charge in [0.15, 0.2) is 0 Å². The van der Waals surface area contributed by atoms with Gasteiger partial charge in [-0.1, -0.05) is 51.9 Å². The minimum absolute atomic E-state index is 0.00677. The maximum atomic E-state index is 13.8. The monoisotopic (exact) mass is 529 g/mol. The predicted octanol–water partition coefficient (Wildman–Crippen LogP) is 7.26. The summed E-state index contributed by atoms with van der Waals surface area (Å²) in [6.07, 6.45) is 0. The van der Waals surface area contributed by atoms with Gasteiger partial charge in [-0.15, -0.1) is 0 Å². The highest BCUT2D eigenvalue weighted by Gasteiger charge is 2.51. The summed E-state index contributed by atoms with van der Waals surface area (Å²) in [5, 5.41) is 0. The third kappa shape index (κ3) is 6.11. The van der Waals surface area contributed by atoms with E-state index in [4.69, 9.17) is 14.0 Å². The second kappa shape index (κ2) is 10.4. The molecule has 1 fully saturated rings. The molecule has 0 atom stereocenters. The Balaban J connectivity index is 1.63. The highest BCUT2D eigenvalue weighted by atomic mass is 19.1. The molecule has 4 nitrogen and oxygen atoms in total. The molecule has 1 heterocycles. The Morgan fingerprint density at radius 1 is 0.718 bits per heavy atom. The van der Waals surface area contributed by atoms with Crippen LogP contribution in [-0.4, -0.2) is 30.8 Å². The zero-order valence-corrected chi connectivity index (χ0v) is 25.1. The zero-order chi connectivity index (χ0) is 28.8. The van der Waals surface area contributed by atoms with Gasteiger partial charge in [-0.25, -0.2) is 4.39 Å². The minimum Gasteiger partial charge on any atom is -0.426 e. The zero-order valence-electron chi connectivity index (χ0n) is 25.1. The molecule has 0 aromatic heterocycles. The number of benzene rings is 3. The molecule has 3 aromatic carbocycles. The molecule has 0 N–H and O–H groups in total. The average Bonchev–Trinajstić information content (AvgIpc) is 3.07. The van der Waals surface area contributed by atoms with Crippen LogP contribution in [0.2, 0.25) is 6.82 Å². The van der Waals surface area contributed by atoms with Crippen LogP contribution in [0.25, 0.3) is 0 Å². The van der Waals surface area contributed by atoms with Crippen molar-refractivity contribution >= 4 is 42.0 Å². The van der Waals surface area contributed by atoms with Crippen molar-refractivity contribution in [1.82, 2.24) is 0 Å². The Bertz CT molecular complexity index is 1250. The van der Waals surface area contributed by atoms with Crippen molar-refractivity contribution in [2.75, 3.05) is 4.90 Å². The number of hydrogen-bond acceptors (Lipinski definition) is 4. The molecule has 39 heavy (non-hydrogen) atoms. The van der Waals surface area contributed by atoms with E-state index in [1.165, 1.54) is 12.1 Å². The Morgan fingerprint density at radius 2 is 1.13 bits per heavy atom. The maximum absolute atomic E-state index is 13.8. The van der Waals surface area contributed by atoms with Crippen molar-refractivity contribution in [3.05, 3.63) is 78.6 Å². The molecular weight excluding hydrogens is 487 g/mol. The van der Waals surface area contributed by atoms with Crippen molar-refractivity contribution in [2.45, 2.75) is 85.9 Å². The van der Waals surface area contributed by atoms with Gasteiger partial charge in [-0.2, -0.15) is 0 Å². The highest BCUT2D eigenvalue weighted by Crippen LogP contribution is 2.38. The van der Waals surface area contributed by atoms with Gasteiger partial charge in [0, 0.05) is 17.1 Å². The van der Waals surface area contributed by atoms with Gasteiger partial charge in [0.25, 0.3) is 0 Å². The van der Waals surface area contributed by atoms with Gasteiger partial charge in [0.2, 0.25) is 0 Å². The van der Waals surface area contributed by atoms with E-state index in [9.17, 15) is 4.39 Å². The smallest absolute Gasteiger partial charge is 0.426 e. The van der Waals surface area contributed by atoms with Gasteiger partial charge in [0.1, 0.15) is 5.82 Å². The fourth-order valence-electron chi connectivity index (χ4n) is 4.38. The van der Waals surface area contributed by atoms with E-state index in [2.05, 4.69) is 110 Å². The Labute approximate surface area is 235 Å². The second-order valence-electron chi connectivity index (χ2n) is 13.1. The number of anilines is 3. The minimum atomic E-state index is -0.429. The predicted molar refractivity (Wildman–Crippen MR) is 163 cm³/mol. The van der Waals surface area contributed by atoms with Gasteiger partial charge >= 0.3 is 14.0 Å². The number of nitrogens with zero attached hydrogens (tertiary/aromatic N) is 1. The fraction of sp³-hybridized carbons (Fsp3) is 0.438. The van der Waals surface area contributed by atoms with E-state index >= 15 is 0 Å². The quantitative estimate of drug-likeness (QED) is 0.302. The molecule has 0 aliphatic carbocycles. The third-order valence-corrected chi connectivity index (χ3v) is 8.66. The van der Waals surface area contributed by atoms with Crippen molar-refractivity contribution < 1.29 is 18.4 Å². The molecule has 0 saturated carbocycles. The van der Waals surface area contributed by atoms with Crippen LogP contribution < -0.4 is 15.8 Å². The molecular formula is C32H42B2FNO3. The molecule has 206 valence electrons. The highest BCUT2D eigenvalue weighted by molar-refractivity contribution is 6.66. The SMILES string of the molecule is CB(OC(C)(C)C(C)(C)C)c1ccc(N(c2ccc(F)cc2)c2ccc(B3OC(C)(C)C(C)(C)O3)cc2)cc1. The Hall–Kier alpha value is -2.60. The van der Waals surface area contributed by atoms with Crippen LogP contribution in [0.3, 0.4) is 0 Å². The van der Waals surface area contributed by atoms with Gasteiger partial charge in [-0.3, -0.25) is 0 Å². The van der Waals surface area contributed by atoms with Crippen LogP contribution >= 0.6 is 0 Å². The first-order valence-corrected chi connectivity index (χ1v) is 13.8. The molecule has 1 aliphatic rings. The van der Waals surface area contributed by atoms with Crippen molar-refractivity contribution in [1.29, 1.82) is 0 Å². The summed E-state index contributed by atoms with van der Waals surface area (Å²) in [5.41, 5.74) is 3.76. The Morgan fingerprint density at radius 3 is 1.56 bits per heavy atom. The van der Waals surface area contributed by atoms with Gasteiger partial charge in [0.05, 0.1) is 16.8 Å². The van der Waals surface area contributed by atoms with E-state index in [-0.39, 0.29) is 23.7 Å². The first-order valence-electron chi connectivity index (χ1n) is 13.8. The lowest BCUT2D eigenvalue weighted by atomic mass is 9.62. The number of halogens is 1. The first-order chi connectivity index (χ1) is 18.0. The molecule has 1 aliphatic heterocycles. The maximum Gasteiger partial charge on any atom is 0.494 e. The molecule has 0 radical (unpaired) electrons. The van der Waals surface area contributed by atoms with E-state index < -0.39 is 18.3 Å². The first kappa shape index (κ1) is 29.4. The third-order valence-electron chi connectivity index (χ3n) is 8.66. The molecule has 1 saturated heterocycles. The van der Waals surface area contributed by atoms with Crippen LogP contribution in [0.5, 0.6) is 0 Å². The van der Waals surface area contributed by atoms with Crippen LogP contribution in [-0.2, 0) is 14.0 Å². The van der Waals surface area contributed by atoms with E-state index in [1.807, 2.05) is 12.1 Å². The van der Waals surface area contributed by atoms with Crippen LogP contribution in [0.15, 0.2) is 72.8 Å². The molecule has 7 heteroatoms. The summed E-state index contributed by atoms with van der Waals surface area (Å²) >= 11 is 0. The van der Waals surface area contributed by atoms with E-state index in [1.54, 1.807) is 12.1 Å². The Kier molecular flexibility index (Phi) is 7.85. The lowest BCUT2D eigenvalue weighted by molar-refractivity contribution is 0.000450. The number of hydrogen-bond donors (Lipinski definition) is 0. The number of rotatable bonds is 7. The normalized spacial score (nSPS) is 16.8. The van der Waals surface area contributed by atoms with E-state index in [0.717, 1.165) is 28.0 Å². The molecule has 0 amide bonds. The molecule has 3 aromatic rings. The van der Waals surface area contributed by atoms with Crippen LogP contribution in [0.4, 0.5) is 21.5 Å². The lowest BCUT2D eigenvalue weighted by Crippen LogP contribution is -2.46. The summed E-state index contributed by atoms with van der Waals surface area (Å²) in [5.74, 6) is -0.266. The van der Waals surface area contributed by atoms with E-state index in [0.29, 0.717) is 0 Å². The summed E-state index contributed by atoms with van der Waals surface area (Å²) in [6, 6.07) is 23.1. The van der Waals surface area contributed by atoms with Gasteiger partial charge in [-0.05, 0) is 106 Å². The summed E-state index contributed by atoms with van der Waals surface area (Å²) in [7, 11) is -0.429. The van der Waals surface area contributed by atoms with Gasteiger partial charge < -0.3 is 18.9 Å². The standard InChI is InChI=1S/C32H42B2FNO3/c1-29(2,3)30(4,5)37-33(10)23-11-17-26(18-12-23)36(28-21-15-25(35)16-22-28)27-19-13-24(14-20-27)34-38-31(6,7)32(8,9)39-34/h11-22H,1-10H3. The molecule has 4 rings (SSSR count). The summed E-state index contributed by atoms with van der Waals surface area (Å²) < 4.78 is 32.8. The average molecular weight is 529 g/mol. The van der Waals surface area contributed by atoms with Crippen LogP contribution in [0, 0.1) is 11.2 Å². The lowest BCUT2D eigenvalue weighted by Gasteiger charge is -2.40. The molecule has 0 bridgehead atoms. The van der Waals surface area contributed by atoms with Crippen LogP contribution in [0.1, 0.15) is 62.3 Å². The van der Waals surface area contributed by atoms with Crippen molar-refractivity contribution in [3.8, 4) is 0 Å². The summed E-state index contributed by atoms with van der Waals surface area (Å²) in [6.45, 7) is 21.1. The van der Waals surface area contributed by atoms with Crippen molar-refractivity contribution in [2.24, 2.45) is 5.41 Å². The molecule has 0 unspecified atom stereocenters. The second-order valence-corrected chi connectivity index (χ2v) is 13.1. The largest absolute Gasteiger partial charge is 0.494 e. The molecule has 0 spiro atoms. The van der Waals surface area contributed by atoms with Crippen molar-refractivity contribution in [3.63, 3.8) is 0 Å².